The van der Waals surface area contributed by atoms with Gasteiger partial charge in [0.25, 0.3) is 0 Å². The van der Waals surface area contributed by atoms with Crippen molar-refractivity contribution in [3.63, 3.8) is 0 Å². The molecule has 2 unspecified atom stereocenters. The van der Waals surface area contributed by atoms with Crippen LogP contribution < -0.4 is 10.6 Å². The first-order valence-corrected chi connectivity index (χ1v) is 11.1. The van der Waals surface area contributed by atoms with E-state index >= 15 is 0 Å². The van der Waals surface area contributed by atoms with Crippen molar-refractivity contribution in [3.05, 3.63) is 100 Å². The van der Waals surface area contributed by atoms with Crippen molar-refractivity contribution in [2.75, 3.05) is 4.90 Å². The van der Waals surface area contributed by atoms with Crippen LogP contribution in [0.4, 0.5) is 5.95 Å². The molecule has 0 bridgehead atoms. The molecule has 7 nitrogen and oxygen atoms in total. The number of carbonyl (C=O) groups excluding carboxylic acids is 1. The Labute approximate surface area is 192 Å². The number of aryl methyl sites for hydroxylation is 1. The van der Waals surface area contributed by atoms with Crippen molar-refractivity contribution in [2.45, 2.75) is 38.0 Å². The van der Waals surface area contributed by atoms with E-state index < -0.39 is 5.92 Å². The summed E-state index contributed by atoms with van der Waals surface area (Å²) in [5, 5.41) is 16.9. The Balaban J connectivity index is 1.69. The second-order valence-electron chi connectivity index (χ2n) is 8.38. The van der Waals surface area contributed by atoms with Gasteiger partial charge >= 0.3 is 0 Å². The summed E-state index contributed by atoms with van der Waals surface area (Å²) in [5.41, 5.74) is 11.5. The predicted octanol–water partition coefficient (Wildman–Crippen LogP) is 4.07. The van der Waals surface area contributed by atoms with E-state index in [0.29, 0.717) is 29.9 Å². The molecule has 2 aromatic carbocycles. The van der Waals surface area contributed by atoms with Gasteiger partial charge in [-0.3, -0.25) is 9.69 Å². The maximum Gasteiger partial charge on any atom is 0.231 e. The molecule has 0 saturated carbocycles. The van der Waals surface area contributed by atoms with Crippen molar-refractivity contribution in [1.82, 2.24) is 15.2 Å². The van der Waals surface area contributed by atoms with Gasteiger partial charge in [0.05, 0.1) is 17.6 Å². The third-order valence-corrected chi connectivity index (χ3v) is 6.57. The number of ketones is 1. The molecule has 0 saturated heterocycles. The van der Waals surface area contributed by atoms with Gasteiger partial charge in [-0.25, -0.2) is 5.10 Å². The maximum atomic E-state index is 13.7. The summed E-state index contributed by atoms with van der Waals surface area (Å²) >= 11 is 0. The number of H-pyrrole nitrogens is 1. The van der Waals surface area contributed by atoms with Crippen LogP contribution >= 0.6 is 0 Å². The summed E-state index contributed by atoms with van der Waals surface area (Å²) in [4.78, 5) is 19.7. The first kappa shape index (κ1) is 20.7. The number of rotatable bonds is 4. The number of anilines is 1. The Morgan fingerprint density at radius 2 is 1.88 bits per heavy atom. The zero-order chi connectivity index (χ0) is 22.9. The zero-order valence-electron chi connectivity index (χ0n) is 18.3. The monoisotopic (exact) mass is 436 g/mol. The molecule has 0 radical (unpaired) electrons. The molecule has 33 heavy (non-hydrogen) atoms. The van der Waals surface area contributed by atoms with Gasteiger partial charge in [-0.15, -0.1) is 0 Å². The lowest BCUT2D eigenvalue weighted by molar-refractivity contribution is -0.116. The van der Waals surface area contributed by atoms with Crippen LogP contribution in [-0.2, 0) is 11.2 Å². The van der Waals surface area contributed by atoms with Gasteiger partial charge in [-0.2, -0.15) is 15.3 Å². The molecule has 2 atom stereocenters. The number of aromatic nitrogens is 3. The minimum absolute atomic E-state index is 0.0161. The molecule has 7 heteroatoms. The molecule has 164 valence electrons. The van der Waals surface area contributed by atoms with Gasteiger partial charge in [-0.05, 0) is 35.4 Å². The van der Waals surface area contributed by atoms with Gasteiger partial charge in [0, 0.05) is 17.7 Å². The highest BCUT2D eigenvalue weighted by molar-refractivity contribution is 6.01. The number of hydrogen-bond donors (Lipinski definition) is 2. The highest BCUT2D eigenvalue weighted by Gasteiger charge is 2.43. The maximum absolute atomic E-state index is 13.7. The van der Waals surface area contributed by atoms with E-state index in [0.717, 1.165) is 23.2 Å². The van der Waals surface area contributed by atoms with Crippen LogP contribution in [0.1, 0.15) is 48.3 Å². The van der Waals surface area contributed by atoms with E-state index in [1.165, 1.54) is 11.9 Å². The molecule has 1 aliphatic carbocycles. The third-order valence-electron chi connectivity index (χ3n) is 6.57. The second-order valence-corrected chi connectivity index (χ2v) is 8.38. The van der Waals surface area contributed by atoms with Crippen LogP contribution in [0, 0.1) is 11.3 Å². The van der Waals surface area contributed by atoms with Gasteiger partial charge in [-0.1, -0.05) is 61.5 Å². The molecule has 3 N–H and O–H groups in total. The number of aromatic amines is 1. The SMILES string of the molecule is CCc1ccc(C2C(C#N)=C(N)N(c3ncn[nH]3)C3=C2C(=O)CC(c2ccccc2)C3)cc1. The van der Waals surface area contributed by atoms with Crippen molar-refractivity contribution in [1.29, 1.82) is 5.26 Å². The third kappa shape index (κ3) is 3.50. The lowest BCUT2D eigenvalue weighted by Gasteiger charge is -2.40. The van der Waals surface area contributed by atoms with E-state index in [9.17, 15) is 10.1 Å². The largest absolute Gasteiger partial charge is 0.384 e. The van der Waals surface area contributed by atoms with Crippen LogP contribution in [0.2, 0.25) is 0 Å². The fourth-order valence-electron chi connectivity index (χ4n) is 4.92. The van der Waals surface area contributed by atoms with E-state index in [4.69, 9.17) is 5.73 Å². The van der Waals surface area contributed by atoms with Crippen LogP contribution in [-0.4, -0.2) is 21.0 Å². The molecule has 0 spiro atoms. The Kier molecular flexibility index (Phi) is 5.27. The smallest absolute Gasteiger partial charge is 0.231 e. The normalized spacial score (nSPS) is 20.6. The molecule has 2 aliphatic rings. The molecule has 0 fully saturated rings. The Bertz CT molecular complexity index is 1280. The highest BCUT2D eigenvalue weighted by Crippen LogP contribution is 2.48. The number of nitrogens with zero attached hydrogens (tertiary/aromatic N) is 4. The zero-order valence-corrected chi connectivity index (χ0v) is 18.3. The topological polar surface area (TPSA) is 112 Å². The quantitative estimate of drug-likeness (QED) is 0.638. The summed E-state index contributed by atoms with van der Waals surface area (Å²) in [7, 11) is 0. The molecular formula is C26H24N6O. The standard InChI is InChI=1S/C26H24N6O/c1-2-16-8-10-18(11-9-16)23-20(14-27)25(28)32(26-29-15-30-31-26)21-12-19(13-22(33)24(21)23)17-6-4-3-5-7-17/h3-11,15,19,23H,2,12-13,28H2,1H3,(H,29,30,31). The minimum atomic E-state index is -0.501. The summed E-state index contributed by atoms with van der Waals surface area (Å²) in [6.45, 7) is 2.10. The number of nitriles is 1. The van der Waals surface area contributed by atoms with Crippen molar-refractivity contribution < 1.29 is 4.79 Å². The second kappa shape index (κ2) is 8.40. The molecule has 1 aromatic heterocycles. The fourth-order valence-corrected chi connectivity index (χ4v) is 4.92. The number of Topliss-reactive ketones (excluding diaryl/α,β-unsaturated/α-hetero) is 1. The lowest BCUT2D eigenvalue weighted by atomic mass is 9.72. The van der Waals surface area contributed by atoms with Crippen LogP contribution in [0.5, 0.6) is 0 Å². The molecular weight excluding hydrogens is 412 g/mol. The summed E-state index contributed by atoms with van der Waals surface area (Å²) < 4.78 is 0. The van der Waals surface area contributed by atoms with Gasteiger partial charge < -0.3 is 5.73 Å². The average Bonchev–Trinajstić information content (AvgIpc) is 3.38. The molecule has 0 amide bonds. The first-order chi connectivity index (χ1) is 16.1. The van der Waals surface area contributed by atoms with Crippen LogP contribution in [0.3, 0.4) is 0 Å². The summed E-state index contributed by atoms with van der Waals surface area (Å²) in [5.74, 6) is 0.217. The first-order valence-electron chi connectivity index (χ1n) is 11.1. The fraction of sp³-hybridized carbons (Fsp3) is 0.231. The van der Waals surface area contributed by atoms with E-state index in [1.54, 1.807) is 4.90 Å². The number of nitrogens with one attached hydrogen (secondary N) is 1. The minimum Gasteiger partial charge on any atom is -0.384 e. The van der Waals surface area contributed by atoms with Crippen molar-refractivity contribution >= 4 is 11.7 Å². The van der Waals surface area contributed by atoms with E-state index in [1.807, 2.05) is 54.6 Å². The van der Waals surface area contributed by atoms with E-state index in [-0.39, 0.29) is 17.5 Å². The van der Waals surface area contributed by atoms with Crippen molar-refractivity contribution in [3.8, 4) is 6.07 Å². The lowest BCUT2D eigenvalue weighted by Crippen LogP contribution is -2.40. The van der Waals surface area contributed by atoms with Crippen molar-refractivity contribution in [2.24, 2.45) is 5.73 Å². The van der Waals surface area contributed by atoms with Gasteiger partial charge in [0.2, 0.25) is 5.95 Å². The number of nitrogens with two attached hydrogens (primary N) is 1. The number of benzene rings is 2. The Hall–Kier alpha value is -4.18. The molecule has 1 aliphatic heterocycles. The number of allylic oxidation sites excluding steroid dienone is 3. The number of hydrogen-bond acceptors (Lipinski definition) is 6. The Morgan fingerprint density at radius 1 is 1.12 bits per heavy atom. The molecule has 2 heterocycles. The highest BCUT2D eigenvalue weighted by atomic mass is 16.1. The average molecular weight is 437 g/mol. The summed E-state index contributed by atoms with van der Waals surface area (Å²) in [6, 6.07) is 20.4. The Morgan fingerprint density at radius 3 is 2.52 bits per heavy atom. The van der Waals surface area contributed by atoms with Gasteiger partial charge in [0.1, 0.15) is 12.1 Å². The number of carbonyl (C=O) groups is 1. The summed E-state index contributed by atoms with van der Waals surface area (Å²) in [6.07, 6.45) is 3.30. The van der Waals surface area contributed by atoms with Crippen LogP contribution in [0.15, 0.2) is 83.6 Å². The van der Waals surface area contributed by atoms with Gasteiger partial charge in [0.15, 0.2) is 5.78 Å². The predicted molar refractivity (Wildman–Crippen MR) is 125 cm³/mol. The van der Waals surface area contributed by atoms with Crippen LogP contribution in [0.25, 0.3) is 0 Å². The molecule has 3 aromatic rings. The molecule has 5 rings (SSSR count). The van der Waals surface area contributed by atoms with E-state index in [2.05, 4.69) is 28.2 Å².